The molecule has 0 aromatic heterocycles. The molecule has 0 aliphatic carbocycles. The van der Waals surface area contributed by atoms with E-state index in [9.17, 15) is 13.2 Å². The number of hydrogen-bond donors (Lipinski definition) is 1. The molecule has 1 aliphatic heterocycles. The van der Waals surface area contributed by atoms with Crippen molar-refractivity contribution in [3.05, 3.63) is 59.1 Å². The molecule has 0 spiro atoms. The van der Waals surface area contributed by atoms with Crippen molar-refractivity contribution in [2.24, 2.45) is 5.92 Å². The summed E-state index contributed by atoms with van der Waals surface area (Å²) in [4.78, 5) is 12.5. The average molecular weight is 393 g/mol. The van der Waals surface area contributed by atoms with E-state index in [1.165, 1.54) is 12.1 Å². The number of nitrogens with one attached hydrogen (secondary N) is 1. The first-order valence-electron chi connectivity index (χ1n) is 8.53. The Labute approximate surface area is 159 Å². The Morgan fingerprint density at radius 1 is 1.19 bits per heavy atom. The molecule has 1 saturated heterocycles. The summed E-state index contributed by atoms with van der Waals surface area (Å²) in [5.74, 6) is 0.0720. The molecule has 1 heterocycles. The molecule has 1 aliphatic rings. The second kappa shape index (κ2) is 7.78. The fourth-order valence-electron chi connectivity index (χ4n) is 3.06. The zero-order chi connectivity index (χ0) is 18.7. The van der Waals surface area contributed by atoms with E-state index in [4.69, 9.17) is 11.6 Å². The van der Waals surface area contributed by atoms with E-state index in [1.807, 2.05) is 0 Å². The summed E-state index contributed by atoms with van der Waals surface area (Å²) in [7, 11) is -3.49. The number of anilines is 1. The van der Waals surface area contributed by atoms with Crippen molar-refractivity contribution in [2.75, 3.05) is 18.4 Å². The standard InChI is InChI=1S/C19H21ClN2O3S/c1-14-4-3-11-22(13-14)26(24,25)18-9-7-17(8-10-18)21-19(23)15-5-2-6-16(20)12-15/h2,5-10,12,14H,3-4,11,13H2,1H3,(H,21,23). The lowest BCUT2D eigenvalue weighted by atomic mass is 10.0. The number of carbonyl (C=O) groups excluding carboxylic acids is 1. The number of amides is 1. The van der Waals surface area contributed by atoms with Crippen LogP contribution >= 0.6 is 11.6 Å². The van der Waals surface area contributed by atoms with E-state index in [0.29, 0.717) is 35.3 Å². The van der Waals surface area contributed by atoms with Crippen molar-refractivity contribution in [3.8, 4) is 0 Å². The van der Waals surface area contributed by atoms with Gasteiger partial charge in [-0.1, -0.05) is 24.6 Å². The van der Waals surface area contributed by atoms with E-state index < -0.39 is 10.0 Å². The summed E-state index contributed by atoms with van der Waals surface area (Å²) in [5, 5.41) is 3.23. The van der Waals surface area contributed by atoms with E-state index in [0.717, 1.165) is 12.8 Å². The molecule has 2 aromatic rings. The molecule has 2 aromatic carbocycles. The van der Waals surface area contributed by atoms with E-state index in [1.54, 1.807) is 40.7 Å². The molecule has 1 fully saturated rings. The van der Waals surface area contributed by atoms with Gasteiger partial charge in [-0.05, 0) is 61.2 Å². The van der Waals surface area contributed by atoms with Crippen LogP contribution in [0.1, 0.15) is 30.1 Å². The number of nitrogens with zero attached hydrogens (tertiary/aromatic N) is 1. The molecule has 1 unspecified atom stereocenters. The minimum atomic E-state index is -3.49. The number of rotatable bonds is 4. The van der Waals surface area contributed by atoms with Crippen molar-refractivity contribution < 1.29 is 13.2 Å². The van der Waals surface area contributed by atoms with Gasteiger partial charge in [0, 0.05) is 29.4 Å². The van der Waals surface area contributed by atoms with Gasteiger partial charge in [0.25, 0.3) is 5.91 Å². The Morgan fingerprint density at radius 2 is 1.92 bits per heavy atom. The lowest BCUT2D eigenvalue weighted by Gasteiger charge is -2.30. The van der Waals surface area contributed by atoms with Crippen molar-refractivity contribution in [2.45, 2.75) is 24.7 Å². The molecule has 1 atom stereocenters. The molecule has 138 valence electrons. The predicted molar refractivity (Wildman–Crippen MR) is 103 cm³/mol. The fraction of sp³-hybridized carbons (Fsp3) is 0.316. The zero-order valence-electron chi connectivity index (χ0n) is 14.5. The van der Waals surface area contributed by atoms with Gasteiger partial charge < -0.3 is 5.32 Å². The van der Waals surface area contributed by atoms with Crippen LogP contribution in [0.15, 0.2) is 53.4 Å². The maximum absolute atomic E-state index is 12.7. The number of halogens is 1. The largest absolute Gasteiger partial charge is 0.322 e. The highest BCUT2D eigenvalue weighted by Gasteiger charge is 2.28. The average Bonchev–Trinajstić information content (AvgIpc) is 2.62. The molecule has 3 rings (SSSR count). The highest BCUT2D eigenvalue weighted by Crippen LogP contribution is 2.24. The molecule has 7 heteroatoms. The summed E-state index contributed by atoms with van der Waals surface area (Å²) >= 11 is 5.90. The lowest BCUT2D eigenvalue weighted by Crippen LogP contribution is -2.39. The first-order chi connectivity index (χ1) is 12.4. The normalized spacial score (nSPS) is 18.5. The fourth-order valence-corrected chi connectivity index (χ4v) is 4.85. The number of piperidine rings is 1. The Balaban J connectivity index is 1.73. The monoisotopic (exact) mass is 392 g/mol. The molecule has 5 nitrogen and oxygen atoms in total. The maximum Gasteiger partial charge on any atom is 0.255 e. The van der Waals surface area contributed by atoms with Crippen LogP contribution in [-0.2, 0) is 10.0 Å². The van der Waals surface area contributed by atoms with Crippen LogP contribution in [0.25, 0.3) is 0 Å². The summed E-state index contributed by atoms with van der Waals surface area (Å²) in [5.41, 5.74) is 0.970. The van der Waals surface area contributed by atoms with E-state index in [-0.39, 0.29) is 10.8 Å². The van der Waals surface area contributed by atoms with Crippen molar-refractivity contribution in [3.63, 3.8) is 0 Å². The molecular formula is C19H21ClN2O3S. The van der Waals surface area contributed by atoms with Gasteiger partial charge in [-0.15, -0.1) is 0 Å². The molecule has 0 radical (unpaired) electrons. The highest BCUT2D eigenvalue weighted by atomic mass is 35.5. The summed E-state index contributed by atoms with van der Waals surface area (Å²) in [6.07, 6.45) is 1.94. The Kier molecular flexibility index (Phi) is 5.65. The molecule has 1 amide bonds. The Hall–Kier alpha value is -1.89. The summed E-state index contributed by atoms with van der Waals surface area (Å²) in [6, 6.07) is 12.9. The third-order valence-electron chi connectivity index (χ3n) is 4.46. The lowest BCUT2D eigenvalue weighted by molar-refractivity contribution is 0.102. The Morgan fingerprint density at radius 3 is 2.58 bits per heavy atom. The van der Waals surface area contributed by atoms with Crippen LogP contribution in [0.4, 0.5) is 5.69 Å². The van der Waals surface area contributed by atoms with E-state index >= 15 is 0 Å². The van der Waals surface area contributed by atoms with Gasteiger partial charge in [0.1, 0.15) is 0 Å². The molecular weight excluding hydrogens is 372 g/mol. The SMILES string of the molecule is CC1CCCN(S(=O)(=O)c2ccc(NC(=O)c3cccc(Cl)c3)cc2)C1. The Bertz CT molecular complexity index is 897. The van der Waals surface area contributed by atoms with Crippen LogP contribution in [0.2, 0.25) is 5.02 Å². The molecule has 0 bridgehead atoms. The minimum absolute atomic E-state index is 0.243. The second-order valence-electron chi connectivity index (χ2n) is 6.60. The number of sulfonamides is 1. The predicted octanol–water partition coefficient (Wildman–Crippen LogP) is 4.01. The van der Waals surface area contributed by atoms with Gasteiger partial charge in [-0.3, -0.25) is 4.79 Å². The summed E-state index contributed by atoms with van der Waals surface area (Å²) < 4.78 is 27.0. The van der Waals surface area contributed by atoms with Crippen LogP contribution in [-0.4, -0.2) is 31.7 Å². The van der Waals surface area contributed by atoms with Crippen LogP contribution in [0.3, 0.4) is 0 Å². The van der Waals surface area contributed by atoms with Gasteiger partial charge in [-0.25, -0.2) is 8.42 Å². The highest BCUT2D eigenvalue weighted by molar-refractivity contribution is 7.89. The second-order valence-corrected chi connectivity index (χ2v) is 8.97. The zero-order valence-corrected chi connectivity index (χ0v) is 16.1. The van der Waals surface area contributed by atoms with Crippen molar-refractivity contribution >= 4 is 33.2 Å². The first-order valence-corrected chi connectivity index (χ1v) is 10.4. The summed E-state index contributed by atoms with van der Waals surface area (Å²) in [6.45, 7) is 3.17. The van der Waals surface area contributed by atoms with Gasteiger partial charge in [0.15, 0.2) is 0 Å². The van der Waals surface area contributed by atoms with Crippen LogP contribution in [0, 0.1) is 5.92 Å². The van der Waals surface area contributed by atoms with Crippen LogP contribution in [0.5, 0.6) is 0 Å². The minimum Gasteiger partial charge on any atom is -0.322 e. The molecule has 0 saturated carbocycles. The topological polar surface area (TPSA) is 66.5 Å². The van der Waals surface area contributed by atoms with Gasteiger partial charge in [0.05, 0.1) is 4.90 Å². The van der Waals surface area contributed by atoms with Crippen molar-refractivity contribution in [1.29, 1.82) is 0 Å². The smallest absolute Gasteiger partial charge is 0.255 e. The maximum atomic E-state index is 12.7. The third kappa shape index (κ3) is 4.26. The molecule has 26 heavy (non-hydrogen) atoms. The van der Waals surface area contributed by atoms with Crippen LogP contribution < -0.4 is 5.32 Å². The molecule has 1 N–H and O–H groups in total. The van der Waals surface area contributed by atoms with Gasteiger partial charge >= 0.3 is 0 Å². The first kappa shape index (κ1) is 18.9. The van der Waals surface area contributed by atoms with E-state index in [2.05, 4.69) is 12.2 Å². The number of carbonyl (C=O) groups is 1. The third-order valence-corrected chi connectivity index (χ3v) is 6.57. The van der Waals surface area contributed by atoms with Gasteiger partial charge in [0.2, 0.25) is 10.0 Å². The quantitative estimate of drug-likeness (QED) is 0.854. The van der Waals surface area contributed by atoms with Gasteiger partial charge in [-0.2, -0.15) is 4.31 Å². The number of benzene rings is 2. The number of hydrogen-bond acceptors (Lipinski definition) is 3. The van der Waals surface area contributed by atoms with Crippen molar-refractivity contribution in [1.82, 2.24) is 4.31 Å².